The molecule has 4 aromatic carbocycles. The lowest BCUT2D eigenvalue weighted by molar-refractivity contribution is -0.115. The van der Waals surface area contributed by atoms with Crippen LogP contribution in [0.3, 0.4) is 0 Å². The third-order valence-electron chi connectivity index (χ3n) is 5.17. The monoisotopic (exact) mass is 454 g/mol. The SMILES string of the molecule is O=C1NC(=Nc2ccccc2F)S/C1=C\c1c(OCc2ccccc2)ccc2ccccc12. The van der Waals surface area contributed by atoms with Crippen molar-refractivity contribution in [2.45, 2.75) is 6.61 Å². The first-order valence-corrected chi connectivity index (χ1v) is 11.2. The molecule has 162 valence electrons. The Kier molecular flexibility index (Phi) is 5.91. The normalized spacial score (nSPS) is 15.8. The molecule has 1 aliphatic rings. The largest absolute Gasteiger partial charge is 0.488 e. The molecule has 0 radical (unpaired) electrons. The van der Waals surface area contributed by atoms with Crippen LogP contribution >= 0.6 is 11.8 Å². The van der Waals surface area contributed by atoms with Crippen LogP contribution in [-0.4, -0.2) is 11.1 Å². The van der Waals surface area contributed by atoms with Gasteiger partial charge in [-0.3, -0.25) is 4.79 Å². The van der Waals surface area contributed by atoms with Crippen molar-refractivity contribution in [3.05, 3.63) is 113 Å². The molecule has 1 aliphatic heterocycles. The molecule has 6 heteroatoms. The summed E-state index contributed by atoms with van der Waals surface area (Å²) in [5.41, 5.74) is 2.05. The van der Waals surface area contributed by atoms with E-state index in [4.69, 9.17) is 4.74 Å². The van der Waals surface area contributed by atoms with Crippen LogP contribution in [0.15, 0.2) is 101 Å². The highest BCUT2D eigenvalue weighted by atomic mass is 32.2. The van der Waals surface area contributed by atoms with Gasteiger partial charge in [0.2, 0.25) is 0 Å². The quantitative estimate of drug-likeness (QED) is 0.353. The van der Waals surface area contributed by atoms with Crippen molar-refractivity contribution in [1.82, 2.24) is 5.32 Å². The lowest BCUT2D eigenvalue weighted by atomic mass is 10.0. The number of rotatable bonds is 5. The molecular weight excluding hydrogens is 435 g/mol. The molecule has 4 aromatic rings. The van der Waals surface area contributed by atoms with E-state index in [-0.39, 0.29) is 11.6 Å². The number of nitrogens with zero attached hydrogens (tertiary/aromatic N) is 1. The van der Waals surface area contributed by atoms with Crippen LogP contribution in [-0.2, 0) is 11.4 Å². The number of fused-ring (bicyclic) bond motifs is 1. The van der Waals surface area contributed by atoms with E-state index in [0.717, 1.165) is 21.9 Å². The van der Waals surface area contributed by atoms with Crippen molar-refractivity contribution in [3.8, 4) is 5.75 Å². The maximum absolute atomic E-state index is 14.0. The van der Waals surface area contributed by atoms with Crippen molar-refractivity contribution in [2.24, 2.45) is 4.99 Å². The number of hydrogen-bond acceptors (Lipinski definition) is 4. The van der Waals surface area contributed by atoms with Gasteiger partial charge in [0, 0.05) is 5.56 Å². The maximum Gasteiger partial charge on any atom is 0.264 e. The van der Waals surface area contributed by atoms with Gasteiger partial charge >= 0.3 is 0 Å². The Balaban J connectivity index is 1.50. The van der Waals surface area contributed by atoms with E-state index in [2.05, 4.69) is 10.3 Å². The molecule has 1 saturated heterocycles. The Morgan fingerprint density at radius 1 is 0.909 bits per heavy atom. The molecule has 0 aromatic heterocycles. The zero-order valence-corrected chi connectivity index (χ0v) is 18.3. The van der Waals surface area contributed by atoms with Crippen LogP contribution in [0.1, 0.15) is 11.1 Å². The van der Waals surface area contributed by atoms with Gasteiger partial charge in [-0.2, -0.15) is 0 Å². The Hall–Kier alpha value is -3.90. The van der Waals surface area contributed by atoms with Gasteiger partial charge in [-0.25, -0.2) is 9.38 Å². The van der Waals surface area contributed by atoms with Gasteiger partial charge in [-0.15, -0.1) is 0 Å². The van der Waals surface area contributed by atoms with Crippen LogP contribution in [0, 0.1) is 5.82 Å². The van der Waals surface area contributed by atoms with Crippen LogP contribution in [0.5, 0.6) is 5.75 Å². The van der Waals surface area contributed by atoms with E-state index >= 15 is 0 Å². The van der Waals surface area contributed by atoms with Crippen molar-refractivity contribution in [2.75, 3.05) is 0 Å². The lowest BCUT2D eigenvalue weighted by Crippen LogP contribution is -2.19. The van der Waals surface area contributed by atoms with Gasteiger partial charge in [0.25, 0.3) is 5.91 Å². The number of ether oxygens (including phenoxy) is 1. The van der Waals surface area contributed by atoms with Crippen LogP contribution in [0.4, 0.5) is 10.1 Å². The van der Waals surface area contributed by atoms with Crippen molar-refractivity contribution < 1.29 is 13.9 Å². The van der Waals surface area contributed by atoms with Crippen molar-refractivity contribution in [3.63, 3.8) is 0 Å². The molecule has 0 bridgehead atoms. The van der Waals surface area contributed by atoms with E-state index in [1.807, 2.05) is 72.8 Å². The van der Waals surface area contributed by atoms with Gasteiger partial charge in [0.1, 0.15) is 23.9 Å². The number of aliphatic imine (C=N–C) groups is 1. The van der Waals surface area contributed by atoms with Crippen molar-refractivity contribution in [1.29, 1.82) is 0 Å². The molecule has 5 rings (SSSR count). The minimum Gasteiger partial charge on any atom is -0.488 e. The molecule has 1 amide bonds. The number of carbonyl (C=O) groups is 1. The van der Waals surface area contributed by atoms with E-state index < -0.39 is 5.82 Å². The smallest absolute Gasteiger partial charge is 0.264 e. The number of para-hydroxylation sites is 1. The standard InChI is InChI=1S/C27H19FN2O2S/c28-22-12-6-7-13-23(22)29-27-30-26(31)25(33-27)16-21-20-11-5-4-10-19(20)14-15-24(21)32-17-18-8-2-1-3-9-18/h1-16H,17H2,(H,29,30,31)/b25-16-. The molecule has 0 aliphatic carbocycles. The summed E-state index contributed by atoms with van der Waals surface area (Å²) in [6.07, 6.45) is 1.81. The van der Waals surface area contributed by atoms with Crippen LogP contribution in [0.25, 0.3) is 16.8 Å². The van der Waals surface area contributed by atoms with Gasteiger partial charge < -0.3 is 10.1 Å². The third kappa shape index (κ3) is 4.66. The molecule has 33 heavy (non-hydrogen) atoms. The van der Waals surface area contributed by atoms with Gasteiger partial charge in [0.05, 0.1) is 4.91 Å². The summed E-state index contributed by atoms with van der Waals surface area (Å²) in [5.74, 6) is -0.0436. The zero-order chi connectivity index (χ0) is 22.6. The Morgan fingerprint density at radius 2 is 1.67 bits per heavy atom. The first-order valence-electron chi connectivity index (χ1n) is 10.4. The van der Waals surface area contributed by atoms with Gasteiger partial charge in [0.15, 0.2) is 5.17 Å². The lowest BCUT2D eigenvalue weighted by Gasteiger charge is -2.12. The summed E-state index contributed by atoms with van der Waals surface area (Å²) in [6, 6.07) is 28.0. The number of nitrogens with one attached hydrogen (secondary N) is 1. The average molecular weight is 455 g/mol. The zero-order valence-electron chi connectivity index (χ0n) is 17.5. The topological polar surface area (TPSA) is 50.7 Å². The molecular formula is C27H19FN2O2S. The van der Waals surface area contributed by atoms with Crippen LogP contribution in [0.2, 0.25) is 0 Å². The predicted octanol–water partition coefficient (Wildman–Crippen LogP) is 6.45. The Bertz CT molecular complexity index is 1400. The summed E-state index contributed by atoms with van der Waals surface area (Å²) in [7, 11) is 0. The second kappa shape index (κ2) is 9.30. The summed E-state index contributed by atoms with van der Waals surface area (Å²) < 4.78 is 20.1. The predicted molar refractivity (Wildman–Crippen MR) is 132 cm³/mol. The number of benzene rings is 4. The van der Waals surface area contributed by atoms with Crippen molar-refractivity contribution >= 4 is 45.4 Å². The number of amidine groups is 1. The first-order chi connectivity index (χ1) is 16.2. The summed E-state index contributed by atoms with van der Waals surface area (Å²) in [6.45, 7) is 0.411. The molecule has 4 nitrogen and oxygen atoms in total. The highest BCUT2D eigenvalue weighted by Gasteiger charge is 2.25. The number of halogens is 1. The molecule has 0 unspecified atom stereocenters. The van der Waals surface area contributed by atoms with E-state index in [1.54, 1.807) is 18.2 Å². The molecule has 1 fully saturated rings. The average Bonchev–Trinajstić information content (AvgIpc) is 3.19. The molecule has 0 spiro atoms. The maximum atomic E-state index is 14.0. The second-order valence-corrected chi connectivity index (χ2v) is 8.44. The molecule has 0 saturated carbocycles. The van der Waals surface area contributed by atoms with E-state index in [1.165, 1.54) is 17.8 Å². The molecule has 1 heterocycles. The van der Waals surface area contributed by atoms with Gasteiger partial charge in [-0.1, -0.05) is 72.8 Å². The van der Waals surface area contributed by atoms with Gasteiger partial charge in [-0.05, 0) is 52.4 Å². The molecule has 1 N–H and O–H groups in total. The second-order valence-electron chi connectivity index (χ2n) is 7.41. The van der Waals surface area contributed by atoms with E-state index in [9.17, 15) is 9.18 Å². The summed E-state index contributed by atoms with van der Waals surface area (Å²) >= 11 is 1.18. The number of thioether (sulfide) groups is 1. The fraction of sp³-hybridized carbons (Fsp3) is 0.0370. The van der Waals surface area contributed by atoms with Crippen LogP contribution < -0.4 is 10.1 Å². The number of hydrogen-bond donors (Lipinski definition) is 1. The summed E-state index contributed by atoms with van der Waals surface area (Å²) in [4.78, 5) is 17.4. The number of carbonyl (C=O) groups excluding carboxylic acids is 1. The Morgan fingerprint density at radius 3 is 2.52 bits per heavy atom. The first kappa shape index (κ1) is 21.0. The highest BCUT2D eigenvalue weighted by molar-refractivity contribution is 8.18. The number of amides is 1. The fourth-order valence-corrected chi connectivity index (χ4v) is 4.37. The fourth-order valence-electron chi connectivity index (χ4n) is 3.55. The highest BCUT2D eigenvalue weighted by Crippen LogP contribution is 2.35. The van der Waals surface area contributed by atoms with E-state index in [0.29, 0.717) is 22.4 Å². The minimum absolute atomic E-state index is 0.179. The Labute approximate surface area is 194 Å². The minimum atomic E-state index is -0.442. The third-order valence-corrected chi connectivity index (χ3v) is 6.08. The molecule has 0 atom stereocenters. The summed E-state index contributed by atoms with van der Waals surface area (Å²) in [5, 5.41) is 5.08.